The summed E-state index contributed by atoms with van der Waals surface area (Å²) in [6, 6.07) is 26.1. The van der Waals surface area contributed by atoms with Gasteiger partial charge in [-0.1, -0.05) is 72.3 Å². The monoisotopic (exact) mass is 408 g/mol. The molecule has 0 bridgehead atoms. The van der Waals surface area contributed by atoms with Gasteiger partial charge in [0.2, 0.25) is 0 Å². The molecule has 0 radical (unpaired) electrons. The van der Waals surface area contributed by atoms with E-state index in [0.717, 1.165) is 0 Å². The fourth-order valence-corrected chi connectivity index (χ4v) is 7.15. The molecule has 0 aromatic heterocycles. The molecule has 0 fully saturated rings. The first-order valence-corrected chi connectivity index (χ1v) is 12.0. The van der Waals surface area contributed by atoms with E-state index in [9.17, 15) is 0 Å². The summed E-state index contributed by atoms with van der Waals surface area (Å²) in [6.45, 7) is 4.50. The second-order valence-electron chi connectivity index (χ2n) is 10.1. The van der Waals surface area contributed by atoms with Crippen molar-refractivity contribution in [1.82, 2.24) is 0 Å². The van der Waals surface area contributed by atoms with Gasteiger partial charge in [0.1, 0.15) is 0 Å². The largest absolute Gasteiger partial charge is 0.0610 e. The molecule has 0 N–H and O–H groups in total. The molecule has 32 heavy (non-hydrogen) atoms. The van der Waals surface area contributed by atoms with Gasteiger partial charge < -0.3 is 0 Å². The first-order valence-electron chi connectivity index (χ1n) is 12.0. The first-order chi connectivity index (χ1) is 15.7. The standard InChI is InChI=1S/C32H24/c1-17-15-19-5-3-7-21-24-11-12-26-23-10-9-18(2)20-6-4-8-22(30(20)23)25-13-14-27(32(24)31(25)26)28(16-17)29(19)21/h4,6,8-16,21H,3,5,7H2,1-2H3. The predicted octanol–water partition coefficient (Wildman–Crippen LogP) is 8.80. The van der Waals surface area contributed by atoms with Crippen LogP contribution in [0.4, 0.5) is 0 Å². The van der Waals surface area contributed by atoms with Crippen molar-refractivity contribution in [2.75, 3.05) is 0 Å². The molecule has 152 valence electrons. The van der Waals surface area contributed by atoms with Gasteiger partial charge in [0.05, 0.1) is 0 Å². The Balaban J connectivity index is 1.65. The van der Waals surface area contributed by atoms with E-state index in [4.69, 9.17) is 0 Å². The third kappa shape index (κ3) is 1.91. The summed E-state index contributed by atoms with van der Waals surface area (Å²) in [4.78, 5) is 0. The molecule has 0 amide bonds. The van der Waals surface area contributed by atoms with Crippen molar-refractivity contribution < 1.29 is 0 Å². The topological polar surface area (TPSA) is 0 Å². The van der Waals surface area contributed by atoms with Crippen molar-refractivity contribution in [2.45, 2.75) is 39.0 Å². The van der Waals surface area contributed by atoms with Crippen molar-refractivity contribution in [1.29, 1.82) is 0 Å². The molecular formula is C32H24. The summed E-state index contributed by atoms with van der Waals surface area (Å²) in [5, 5.41) is 11.4. The highest BCUT2D eigenvalue weighted by molar-refractivity contribution is 6.35. The van der Waals surface area contributed by atoms with E-state index in [0.29, 0.717) is 5.92 Å². The number of hydrogen-bond donors (Lipinski definition) is 0. The lowest BCUT2D eigenvalue weighted by Gasteiger charge is -2.35. The molecule has 6 aromatic rings. The highest BCUT2D eigenvalue weighted by atomic mass is 14.4. The Morgan fingerprint density at radius 1 is 0.656 bits per heavy atom. The summed E-state index contributed by atoms with van der Waals surface area (Å²) in [7, 11) is 0. The molecule has 0 spiro atoms. The van der Waals surface area contributed by atoms with Gasteiger partial charge in [-0.3, -0.25) is 0 Å². The van der Waals surface area contributed by atoms with Crippen LogP contribution in [0.3, 0.4) is 0 Å². The Morgan fingerprint density at radius 3 is 2.31 bits per heavy atom. The average Bonchev–Trinajstić information content (AvgIpc) is 2.82. The molecule has 6 aromatic carbocycles. The zero-order valence-corrected chi connectivity index (χ0v) is 18.5. The van der Waals surface area contributed by atoms with E-state index >= 15 is 0 Å². The van der Waals surface area contributed by atoms with Crippen LogP contribution in [0.15, 0.2) is 66.7 Å². The predicted molar refractivity (Wildman–Crippen MR) is 137 cm³/mol. The molecule has 2 aliphatic carbocycles. The smallest absolute Gasteiger partial charge is 0.0105 e. The molecule has 0 saturated heterocycles. The van der Waals surface area contributed by atoms with Crippen LogP contribution in [0.5, 0.6) is 0 Å². The molecule has 1 atom stereocenters. The molecule has 0 nitrogen and oxygen atoms in total. The highest BCUT2D eigenvalue weighted by Crippen LogP contribution is 2.54. The normalized spacial score (nSPS) is 17.0. The van der Waals surface area contributed by atoms with Crippen LogP contribution >= 0.6 is 0 Å². The third-order valence-corrected chi connectivity index (χ3v) is 8.39. The van der Waals surface area contributed by atoms with Gasteiger partial charge >= 0.3 is 0 Å². The van der Waals surface area contributed by atoms with Crippen molar-refractivity contribution in [3.05, 3.63) is 94.5 Å². The first kappa shape index (κ1) is 17.2. The summed E-state index contributed by atoms with van der Waals surface area (Å²) in [6.07, 6.45) is 3.79. The minimum atomic E-state index is 0.543. The molecule has 8 rings (SSSR count). The van der Waals surface area contributed by atoms with Crippen LogP contribution in [0.1, 0.15) is 46.6 Å². The minimum Gasteiger partial charge on any atom is -0.0610 e. The van der Waals surface area contributed by atoms with Crippen LogP contribution in [0.25, 0.3) is 54.2 Å². The lowest BCUT2D eigenvalue weighted by Crippen LogP contribution is -2.16. The van der Waals surface area contributed by atoms with E-state index < -0.39 is 0 Å². The number of rotatable bonds is 0. The quantitative estimate of drug-likeness (QED) is 0.174. The second-order valence-corrected chi connectivity index (χ2v) is 10.1. The maximum Gasteiger partial charge on any atom is 0.0105 e. The average molecular weight is 409 g/mol. The summed E-state index contributed by atoms with van der Waals surface area (Å²) in [5.74, 6) is 0.543. The lowest BCUT2D eigenvalue weighted by atomic mass is 9.68. The van der Waals surface area contributed by atoms with Crippen molar-refractivity contribution in [3.8, 4) is 11.1 Å². The lowest BCUT2D eigenvalue weighted by molar-refractivity contribution is 0.617. The molecule has 2 aliphatic rings. The van der Waals surface area contributed by atoms with Crippen LogP contribution in [-0.2, 0) is 6.42 Å². The zero-order valence-electron chi connectivity index (χ0n) is 18.5. The Morgan fingerprint density at radius 2 is 1.41 bits per heavy atom. The van der Waals surface area contributed by atoms with Crippen LogP contribution in [0.2, 0.25) is 0 Å². The summed E-state index contributed by atoms with van der Waals surface area (Å²) >= 11 is 0. The van der Waals surface area contributed by atoms with Crippen molar-refractivity contribution >= 4 is 43.1 Å². The number of aryl methyl sites for hydroxylation is 3. The maximum absolute atomic E-state index is 2.47. The molecule has 0 heterocycles. The molecular weight excluding hydrogens is 384 g/mol. The van der Waals surface area contributed by atoms with Gasteiger partial charge in [-0.15, -0.1) is 0 Å². The van der Waals surface area contributed by atoms with E-state index in [1.165, 1.54) is 84.6 Å². The fourth-order valence-electron chi connectivity index (χ4n) is 7.15. The van der Waals surface area contributed by atoms with E-state index in [1.54, 1.807) is 16.7 Å². The molecule has 0 aliphatic heterocycles. The van der Waals surface area contributed by atoms with Gasteiger partial charge in [0, 0.05) is 5.92 Å². The van der Waals surface area contributed by atoms with Gasteiger partial charge in [-0.05, 0) is 110 Å². The number of benzene rings is 6. The number of hydrogen-bond acceptors (Lipinski definition) is 0. The van der Waals surface area contributed by atoms with Crippen LogP contribution in [0, 0.1) is 13.8 Å². The van der Waals surface area contributed by atoms with Gasteiger partial charge in [-0.25, -0.2) is 0 Å². The van der Waals surface area contributed by atoms with Crippen molar-refractivity contribution in [3.63, 3.8) is 0 Å². The zero-order chi connectivity index (χ0) is 21.1. The Bertz CT molecular complexity index is 1750. The van der Waals surface area contributed by atoms with E-state index in [1.807, 2.05) is 0 Å². The molecule has 1 unspecified atom stereocenters. The minimum absolute atomic E-state index is 0.543. The van der Waals surface area contributed by atoms with Gasteiger partial charge in [0.25, 0.3) is 0 Å². The fraction of sp³-hybridized carbons (Fsp3) is 0.188. The Labute approximate surface area is 187 Å². The van der Waals surface area contributed by atoms with E-state index in [-0.39, 0.29) is 0 Å². The van der Waals surface area contributed by atoms with E-state index in [2.05, 4.69) is 80.6 Å². The van der Waals surface area contributed by atoms with Crippen LogP contribution < -0.4 is 0 Å². The Kier molecular flexibility index (Phi) is 3.06. The third-order valence-electron chi connectivity index (χ3n) is 8.39. The SMILES string of the molecule is Cc1cc2c3c(c1)-c1ccc4c5cccc6c(C)ccc(c7ccc(c1c47)C3CCC2)c65. The second kappa shape index (κ2) is 5.70. The summed E-state index contributed by atoms with van der Waals surface area (Å²) < 4.78 is 0. The molecule has 0 saturated carbocycles. The van der Waals surface area contributed by atoms with Crippen molar-refractivity contribution in [2.24, 2.45) is 0 Å². The summed E-state index contributed by atoms with van der Waals surface area (Å²) in [5.41, 5.74) is 10.5. The van der Waals surface area contributed by atoms with Gasteiger partial charge in [0.15, 0.2) is 0 Å². The Hall–Kier alpha value is -3.38. The van der Waals surface area contributed by atoms with Crippen LogP contribution in [-0.4, -0.2) is 0 Å². The number of fused-ring (bicyclic) bond motifs is 4. The van der Waals surface area contributed by atoms with Gasteiger partial charge in [-0.2, -0.15) is 0 Å². The molecule has 0 heteroatoms. The highest BCUT2D eigenvalue weighted by Gasteiger charge is 2.32. The maximum atomic E-state index is 2.47.